The summed E-state index contributed by atoms with van der Waals surface area (Å²) in [5.74, 6) is 1.38. The van der Waals surface area contributed by atoms with Gasteiger partial charge in [-0.2, -0.15) is 0 Å². The number of aromatic nitrogens is 4. The fraction of sp³-hybridized carbons (Fsp3) is 0.393. The molecule has 1 aromatic carbocycles. The van der Waals surface area contributed by atoms with E-state index in [0.717, 1.165) is 0 Å². The van der Waals surface area contributed by atoms with Gasteiger partial charge in [-0.25, -0.2) is 35.8 Å². The topological polar surface area (TPSA) is 146 Å². The van der Waals surface area contributed by atoms with Gasteiger partial charge in [-0.3, -0.25) is 0 Å². The van der Waals surface area contributed by atoms with Gasteiger partial charge in [-0.05, 0) is 39.0 Å². The fourth-order valence-electron chi connectivity index (χ4n) is 5.44. The monoisotopic (exact) mass is 612 g/mol. The van der Waals surface area contributed by atoms with Gasteiger partial charge in [-0.1, -0.05) is 18.2 Å². The number of pyridine rings is 1. The number of anilines is 2. The van der Waals surface area contributed by atoms with Crippen LogP contribution in [0.1, 0.15) is 26.5 Å². The Labute approximate surface area is 244 Å². The second-order valence-electron chi connectivity index (χ2n) is 11.0. The van der Waals surface area contributed by atoms with Gasteiger partial charge in [0.1, 0.15) is 22.9 Å². The molecule has 1 fully saturated rings. The first-order valence-corrected chi connectivity index (χ1v) is 16.8. The van der Waals surface area contributed by atoms with E-state index < -0.39 is 24.6 Å². The van der Waals surface area contributed by atoms with Gasteiger partial charge >= 0.3 is 0 Å². The molecule has 0 saturated carbocycles. The maximum atomic E-state index is 13.6. The van der Waals surface area contributed by atoms with Crippen LogP contribution in [-0.4, -0.2) is 81.0 Å². The third-order valence-electron chi connectivity index (χ3n) is 8.02. The first kappa shape index (κ1) is 28.4. The van der Waals surface area contributed by atoms with Crippen LogP contribution in [0, 0.1) is 0 Å². The summed E-state index contributed by atoms with van der Waals surface area (Å²) in [7, 11) is -5.91. The van der Waals surface area contributed by atoms with Crippen LogP contribution in [0.15, 0.2) is 53.7 Å². The maximum absolute atomic E-state index is 13.6. The molecular formula is C28H32N6O6S2. The Balaban J connectivity index is 1.65. The summed E-state index contributed by atoms with van der Waals surface area (Å²) in [6.45, 7) is 6.40. The molecule has 5 heterocycles. The van der Waals surface area contributed by atoms with E-state index in [1.165, 1.54) is 34.8 Å². The Bertz CT molecular complexity index is 1910. The van der Waals surface area contributed by atoms with E-state index in [-0.39, 0.29) is 28.5 Å². The molecule has 42 heavy (non-hydrogen) atoms. The van der Waals surface area contributed by atoms with Gasteiger partial charge in [0.2, 0.25) is 0 Å². The second kappa shape index (κ2) is 9.92. The lowest BCUT2D eigenvalue weighted by atomic mass is 10.0. The average molecular weight is 613 g/mol. The van der Waals surface area contributed by atoms with Crippen LogP contribution in [0.2, 0.25) is 0 Å². The highest BCUT2D eigenvalue weighted by Gasteiger charge is 2.44. The molecule has 1 N–H and O–H groups in total. The van der Waals surface area contributed by atoms with Crippen molar-refractivity contribution in [2.75, 3.05) is 43.3 Å². The van der Waals surface area contributed by atoms with Crippen LogP contribution in [0.5, 0.6) is 5.75 Å². The zero-order valence-electron chi connectivity index (χ0n) is 23.9. The van der Waals surface area contributed by atoms with Crippen LogP contribution in [0.4, 0.5) is 11.6 Å². The zero-order chi connectivity index (χ0) is 30.0. The fourth-order valence-corrected chi connectivity index (χ4v) is 7.28. The first-order chi connectivity index (χ1) is 19.9. The quantitative estimate of drug-likeness (QED) is 0.343. The predicted molar refractivity (Wildman–Crippen MR) is 159 cm³/mol. The van der Waals surface area contributed by atoms with E-state index in [1.807, 2.05) is 6.92 Å². The van der Waals surface area contributed by atoms with Gasteiger partial charge in [-0.15, -0.1) is 0 Å². The Morgan fingerprint density at radius 3 is 2.45 bits per heavy atom. The molecule has 2 aliphatic rings. The summed E-state index contributed by atoms with van der Waals surface area (Å²) in [5.41, 5.74) is 0.984. The van der Waals surface area contributed by atoms with Crippen molar-refractivity contribution in [3.05, 3.63) is 54.5 Å². The van der Waals surface area contributed by atoms with E-state index in [4.69, 9.17) is 19.4 Å². The highest BCUT2D eigenvalue weighted by Crippen LogP contribution is 2.46. The second-order valence-corrected chi connectivity index (χ2v) is 15.4. The third-order valence-corrected chi connectivity index (χ3v) is 11.8. The number of nitrogens with one attached hydrogen (secondary N) is 1. The van der Waals surface area contributed by atoms with Crippen LogP contribution in [0.25, 0.3) is 22.3 Å². The normalized spacial score (nSPS) is 19.2. The summed E-state index contributed by atoms with van der Waals surface area (Å²) >= 11 is 0. The number of ether oxygens (including phenoxy) is 2. The van der Waals surface area contributed by atoms with Gasteiger partial charge in [0, 0.05) is 24.9 Å². The van der Waals surface area contributed by atoms with E-state index in [2.05, 4.69) is 15.2 Å². The number of fused-ring (bicyclic) bond motifs is 4. The van der Waals surface area contributed by atoms with Gasteiger partial charge in [0.15, 0.2) is 27.2 Å². The van der Waals surface area contributed by atoms with Gasteiger partial charge < -0.3 is 19.7 Å². The number of sulfone groups is 1. The maximum Gasteiger partial charge on any atom is 0.268 e. The van der Waals surface area contributed by atoms with E-state index in [1.54, 1.807) is 45.2 Å². The lowest BCUT2D eigenvalue weighted by molar-refractivity contribution is 0.0482. The van der Waals surface area contributed by atoms with Gasteiger partial charge in [0.05, 0.1) is 47.5 Å². The highest BCUT2D eigenvalue weighted by atomic mass is 32.2. The molecule has 0 spiro atoms. The predicted octanol–water partition coefficient (Wildman–Crippen LogP) is 3.04. The molecule has 222 valence electrons. The average Bonchev–Trinajstić information content (AvgIpc) is 3.41. The number of nitrogens with zero attached hydrogens (tertiary/aromatic N) is 5. The molecule has 6 rings (SSSR count). The molecule has 2 atom stereocenters. The highest BCUT2D eigenvalue weighted by molar-refractivity contribution is 7.91. The Hall–Kier alpha value is -3.75. The molecular weight excluding hydrogens is 580 g/mol. The van der Waals surface area contributed by atoms with Crippen LogP contribution >= 0.6 is 0 Å². The Morgan fingerprint density at radius 2 is 1.76 bits per heavy atom. The van der Waals surface area contributed by atoms with Crippen molar-refractivity contribution in [1.82, 2.24) is 18.9 Å². The molecule has 2 aliphatic heterocycles. The Kier molecular flexibility index (Phi) is 6.70. The lowest BCUT2D eigenvalue weighted by Gasteiger charge is -2.45. The summed E-state index contributed by atoms with van der Waals surface area (Å²) in [4.78, 5) is 16.6. The SMILES string of the molecule is CNc1ncc2c(ccn2S(=O)(=O)c2ccccc2)c1-c1nc2c(c(C(C)(C)S(C)(=O)=O)n1)OC[C@@H]1COC[C@@H](C)N21. The standard InChI is InChI=1S/C28H32N6O6S2/c1-17-14-39-15-18-16-40-23-24(28(2,3)41(5,35)36)31-26(32-27(23)34(17)18)22-20-11-12-33(21(20)13-30-25(22)29-4)42(37,38)19-9-7-6-8-10-19/h6-13,17-18H,14-16H2,1-5H3,(H,29,30)/t17-,18+/m1/s1. The summed E-state index contributed by atoms with van der Waals surface area (Å²) < 4.78 is 65.0. The molecule has 12 nitrogen and oxygen atoms in total. The van der Waals surface area contributed by atoms with Crippen molar-refractivity contribution >= 4 is 42.4 Å². The molecule has 14 heteroatoms. The number of hydrogen-bond acceptors (Lipinski definition) is 11. The smallest absolute Gasteiger partial charge is 0.268 e. The van der Waals surface area contributed by atoms with Crippen molar-refractivity contribution in [3.63, 3.8) is 0 Å². The lowest BCUT2D eigenvalue weighted by Crippen LogP contribution is -2.56. The summed E-state index contributed by atoms with van der Waals surface area (Å²) in [5, 5.41) is 3.59. The molecule has 0 unspecified atom stereocenters. The zero-order valence-corrected chi connectivity index (χ0v) is 25.5. The van der Waals surface area contributed by atoms with Crippen molar-refractivity contribution in [3.8, 4) is 17.1 Å². The van der Waals surface area contributed by atoms with Crippen molar-refractivity contribution in [2.24, 2.45) is 0 Å². The third kappa shape index (κ3) is 4.31. The molecule has 4 aromatic rings. The molecule has 0 aliphatic carbocycles. The van der Waals surface area contributed by atoms with Crippen LogP contribution in [-0.2, 0) is 29.3 Å². The number of rotatable bonds is 6. The summed E-state index contributed by atoms with van der Waals surface area (Å²) in [6, 6.07) is 9.64. The van der Waals surface area contributed by atoms with Gasteiger partial charge in [0.25, 0.3) is 10.0 Å². The summed E-state index contributed by atoms with van der Waals surface area (Å²) in [6.07, 6.45) is 4.12. The molecule has 0 bridgehead atoms. The first-order valence-electron chi connectivity index (χ1n) is 13.5. The van der Waals surface area contributed by atoms with E-state index in [9.17, 15) is 16.8 Å². The van der Waals surface area contributed by atoms with E-state index >= 15 is 0 Å². The molecule has 3 aromatic heterocycles. The number of hydrogen-bond donors (Lipinski definition) is 1. The minimum atomic E-state index is -3.93. The van der Waals surface area contributed by atoms with Crippen LogP contribution < -0.4 is 15.0 Å². The van der Waals surface area contributed by atoms with Crippen molar-refractivity contribution in [1.29, 1.82) is 0 Å². The Morgan fingerprint density at radius 1 is 1.02 bits per heavy atom. The van der Waals surface area contributed by atoms with Crippen molar-refractivity contribution < 1.29 is 26.3 Å². The van der Waals surface area contributed by atoms with E-state index in [0.29, 0.717) is 53.7 Å². The van der Waals surface area contributed by atoms with Crippen molar-refractivity contribution in [2.45, 2.75) is 42.5 Å². The molecule has 0 amide bonds. The molecule has 1 saturated heterocycles. The van der Waals surface area contributed by atoms with Crippen LogP contribution in [0.3, 0.4) is 0 Å². The largest absolute Gasteiger partial charge is 0.486 e. The molecule has 0 radical (unpaired) electrons. The number of benzene rings is 1. The number of morpholine rings is 1. The minimum absolute atomic E-state index is 0.0573. The minimum Gasteiger partial charge on any atom is -0.486 e.